The van der Waals surface area contributed by atoms with E-state index < -0.39 is 78.9 Å². The number of hydrogen-bond acceptors (Lipinski definition) is 8. The molecule has 37 heavy (non-hydrogen) atoms. The summed E-state index contributed by atoms with van der Waals surface area (Å²) < 4.78 is 35.8. The summed E-state index contributed by atoms with van der Waals surface area (Å²) in [6, 6.07) is 1.77. The van der Waals surface area contributed by atoms with Crippen LogP contribution in [0.15, 0.2) is 30.3 Å². The molecule has 0 spiro atoms. The first kappa shape index (κ1) is 26.5. The summed E-state index contributed by atoms with van der Waals surface area (Å²) in [5.74, 6) is -2.90. The smallest absolute Gasteiger partial charge is 0.341 e. The van der Waals surface area contributed by atoms with Crippen LogP contribution in [-0.4, -0.2) is 103 Å². The molecular formula is C21H25N5O9S2. The number of aliphatic carboxylic acids is 1. The van der Waals surface area contributed by atoms with Gasteiger partial charge in [-0.2, -0.15) is 0 Å². The summed E-state index contributed by atoms with van der Waals surface area (Å²) >= 11 is 0. The van der Waals surface area contributed by atoms with Crippen molar-refractivity contribution in [3.05, 3.63) is 35.9 Å². The zero-order valence-corrected chi connectivity index (χ0v) is 21.6. The van der Waals surface area contributed by atoms with Gasteiger partial charge in [0.1, 0.15) is 23.5 Å². The van der Waals surface area contributed by atoms with E-state index in [2.05, 4.69) is 10.6 Å². The first-order valence-corrected chi connectivity index (χ1v) is 14.1. The maximum atomic E-state index is 13.3. The van der Waals surface area contributed by atoms with Crippen molar-refractivity contribution in [1.82, 2.24) is 24.7 Å². The van der Waals surface area contributed by atoms with Crippen molar-refractivity contribution < 1.29 is 41.7 Å². The van der Waals surface area contributed by atoms with Crippen LogP contribution in [0.4, 0.5) is 9.59 Å². The molecule has 6 amide bonds. The average Bonchev–Trinajstić information content (AvgIpc) is 3.30. The van der Waals surface area contributed by atoms with Crippen molar-refractivity contribution in [2.45, 2.75) is 42.1 Å². The van der Waals surface area contributed by atoms with E-state index in [1.165, 1.54) is 26.0 Å². The van der Waals surface area contributed by atoms with Crippen LogP contribution in [0.5, 0.6) is 0 Å². The van der Waals surface area contributed by atoms with E-state index in [0.29, 0.717) is 14.8 Å². The highest BCUT2D eigenvalue weighted by molar-refractivity contribution is 7.89. The van der Waals surface area contributed by atoms with Crippen LogP contribution in [-0.2, 0) is 35.2 Å². The highest BCUT2D eigenvalue weighted by atomic mass is 32.2. The van der Waals surface area contributed by atoms with Crippen LogP contribution in [0, 0.1) is 0 Å². The minimum atomic E-state index is -3.90. The number of benzene rings is 1. The lowest BCUT2D eigenvalue weighted by molar-refractivity contribution is -0.161. The van der Waals surface area contributed by atoms with Gasteiger partial charge in [-0.15, -0.1) is 0 Å². The van der Waals surface area contributed by atoms with Crippen molar-refractivity contribution in [3.8, 4) is 0 Å². The first-order valence-electron chi connectivity index (χ1n) is 11.1. The quantitative estimate of drug-likeness (QED) is 0.361. The van der Waals surface area contributed by atoms with Crippen molar-refractivity contribution in [2.75, 3.05) is 19.3 Å². The molecule has 5 unspecified atom stereocenters. The second-order valence-corrected chi connectivity index (χ2v) is 13.4. The molecule has 0 bridgehead atoms. The standard InChI is InChI=1S/C21H25N5O9S2/c1-21(2)14(18(29)30)26-16(28)13(17(26)36(21)33)22-15(27)12(11-7-5-4-6-8-11)23-19(31)24-9-10-25(20(24)32)37(3,34)35/h4-8,12-14,17H,9-10H2,1-3H3,(H,22,27)(H,23,31)(H,29,30). The SMILES string of the molecule is CC1(C)C(C(=O)O)N2C(=O)C(NC(=O)C(NC(=O)N3CCN(S(C)(=O)=O)C3=O)c3ccccc3)C2S1=O. The number of β-lactam (4-membered cyclic amide) rings is 1. The van der Waals surface area contributed by atoms with Gasteiger partial charge in [-0.1, -0.05) is 30.3 Å². The Hall–Kier alpha value is -3.53. The van der Waals surface area contributed by atoms with E-state index in [9.17, 15) is 41.7 Å². The van der Waals surface area contributed by atoms with E-state index in [0.717, 1.165) is 11.2 Å². The Balaban J connectivity index is 1.55. The van der Waals surface area contributed by atoms with Crippen LogP contribution in [0.2, 0.25) is 0 Å². The number of urea groups is 2. The van der Waals surface area contributed by atoms with E-state index in [4.69, 9.17) is 0 Å². The van der Waals surface area contributed by atoms with Gasteiger partial charge in [-0.05, 0) is 19.4 Å². The summed E-state index contributed by atoms with van der Waals surface area (Å²) in [4.78, 5) is 64.8. The normalized spacial score (nSPS) is 27.4. The Morgan fingerprint density at radius 2 is 1.76 bits per heavy atom. The number of nitrogens with one attached hydrogen (secondary N) is 2. The van der Waals surface area contributed by atoms with Crippen molar-refractivity contribution in [3.63, 3.8) is 0 Å². The van der Waals surface area contributed by atoms with E-state index in [1.54, 1.807) is 18.2 Å². The number of amides is 6. The fourth-order valence-electron chi connectivity index (χ4n) is 4.69. The Labute approximate surface area is 214 Å². The highest BCUT2D eigenvalue weighted by Crippen LogP contribution is 2.43. The molecule has 0 saturated carbocycles. The lowest BCUT2D eigenvalue weighted by Gasteiger charge is -2.43. The molecule has 3 N–H and O–H groups in total. The molecule has 3 aliphatic rings. The molecule has 1 aromatic rings. The monoisotopic (exact) mass is 555 g/mol. The second kappa shape index (κ2) is 9.09. The third-order valence-electron chi connectivity index (χ3n) is 6.57. The fourth-order valence-corrected chi connectivity index (χ4v) is 7.41. The number of imide groups is 1. The summed E-state index contributed by atoms with van der Waals surface area (Å²) in [6.07, 6.45) is 0.828. The second-order valence-electron chi connectivity index (χ2n) is 9.33. The van der Waals surface area contributed by atoms with Gasteiger partial charge in [-0.3, -0.25) is 13.8 Å². The van der Waals surface area contributed by atoms with Crippen LogP contribution in [0.1, 0.15) is 25.5 Å². The van der Waals surface area contributed by atoms with Crippen molar-refractivity contribution in [2.24, 2.45) is 0 Å². The van der Waals surface area contributed by atoms with Crippen LogP contribution >= 0.6 is 0 Å². The minimum absolute atomic E-state index is 0.232. The van der Waals surface area contributed by atoms with Gasteiger partial charge in [-0.25, -0.2) is 32.0 Å². The molecule has 200 valence electrons. The van der Waals surface area contributed by atoms with Gasteiger partial charge < -0.3 is 20.6 Å². The number of nitrogens with zero attached hydrogens (tertiary/aromatic N) is 3. The van der Waals surface area contributed by atoms with Gasteiger partial charge >= 0.3 is 18.0 Å². The van der Waals surface area contributed by atoms with Gasteiger partial charge in [0.15, 0.2) is 0 Å². The minimum Gasteiger partial charge on any atom is -0.480 e. The molecular weight excluding hydrogens is 530 g/mol. The summed E-state index contributed by atoms with van der Waals surface area (Å²) in [6.45, 7) is 2.45. The Kier molecular flexibility index (Phi) is 6.52. The molecule has 16 heteroatoms. The summed E-state index contributed by atoms with van der Waals surface area (Å²) in [7, 11) is -5.72. The van der Waals surface area contributed by atoms with E-state index in [-0.39, 0.29) is 13.1 Å². The molecule has 0 aromatic heterocycles. The number of carbonyl (C=O) groups is 5. The number of carbonyl (C=O) groups excluding carboxylic acids is 4. The maximum Gasteiger partial charge on any atom is 0.341 e. The number of carboxylic acids is 1. The van der Waals surface area contributed by atoms with E-state index >= 15 is 0 Å². The van der Waals surface area contributed by atoms with E-state index in [1.807, 2.05) is 0 Å². The van der Waals surface area contributed by atoms with Crippen LogP contribution < -0.4 is 10.6 Å². The molecule has 0 radical (unpaired) electrons. The number of fused-ring (bicyclic) bond motifs is 1. The Morgan fingerprint density at radius 1 is 1.14 bits per heavy atom. The number of carboxylic acid groups (broad SMARTS) is 1. The molecule has 4 rings (SSSR count). The van der Waals surface area contributed by atoms with Crippen LogP contribution in [0.3, 0.4) is 0 Å². The van der Waals surface area contributed by atoms with Gasteiger partial charge in [0.25, 0.3) is 0 Å². The molecule has 3 fully saturated rings. The number of sulfonamides is 1. The topological polar surface area (TPSA) is 191 Å². The van der Waals surface area contributed by atoms with Crippen LogP contribution in [0.25, 0.3) is 0 Å². The Morgan fingerprint density at radius 3 is 2.30 bits per heavy atom. The third kappa shape index (κ3) is 4.33. The lowest BCUT2D eigenvalue weighted by atomic mass is 9.95. The lowest BCUT2D eigenvalue weighted by Crippen LogP contribution is -2.72. The van der Waals surface area contributed by atoms with Gasteiger partial charge in [0.2, 0.25) is 21.8 Å². The summed E-state index contributed by atoms with van der Waals surface area (Å²) in [5.41, 5.74) is 0.292. The maximum absolute atomic E-state index is 13.3. The van der Waals surface area contributed by atoms with Crippen molar-refractivity contribution in [1.29, 1.82) is 0 Å². The molecule has 3 aliphatic heterocycles. The largest absolute Gasteiger partial charge is 0.480 e. The molecule has 1 aromatic carbocycles. The highest BCUT2D eigenvalue weighted by Gasteiger charge is 2.68. The fraction of sp³-hybridized carbons (Fsp3) is 0.476. The predicted molar refractivity (Wildman–Crippen MR) is 128 cm³/mol. The zero-order chi connectivity index (χ0) is 27.4. The zero-order valence-electron chi connectivity index (χ0n) is 20.0. The molecule has 3 saturated heterocycles. The van der Waals surface area contributed by atoms with Gasteiger partial charge in [0.05, 0.1) is 34.9 Å². The van der Waals surface area contributed by atoms with Gasteiger partial charge in [0, 0.05) is 0 Å². The third-order valence-corrected chi connectivity index (χ3v) is 9.90. The average molecular weight is 556 g/mol. The number of rotatable bonds is 6. The first-order chi connectivity index (χ1) is 17.2. The summed E-state index contributed by atoms with van der Waals surface area (Å²) in [5, 5.41) is 13.4. The molecule has 14 nitrogen and oxygen atoms in total. The Bertz CT molecular complexity index is 1320. The molecule has 3 heterocycles. The van der Waals surface area contributed by atoms with Crippen molar-refractivity contribution >= 4 is 50.7 Å². The number of hydrogen-bond donors (Lipinski definition) is 3. The predicted octanol–water partition coefficient (Wildman–Crippen LogP) is -1.22. The molecule has 0 aliphatic carbocycles. The molecule has 5 atom stereocenters.